The van der Waals surface area contributed by atoms with Crippen LogP contribution in [-0.4, -0.2) is 29.7 Å². The van der Waals surface area contributed by atoms with E-state index >= 15 is 0 Å². The molecule has 0 saturated carbocycles. The molecule has 1 rings (SSSR count). The van der Waals surface area contributed by atoms with Crippen LogP contribution < -0.4 is 0 Å². The maximum atomic E-state index is 9.61. The molecule has 1 atom stereocenters. The van der Waals surface area contributed by atoms with E-state index in [1.165, 1.54) is 4.90 Å². The summed E-state index contributed by atoms with van der Waals surface area (Å²) in [4.78, 5) is 1.18. The second kappa shape index (κ2) is 6.88. The van der Waals surface area contributed by atoms with E-state index in [1.54, 1.807) is 11.8 Å². The first kappa shape index (κ1) is 12.6. The van der Waals surface area contributed by atoms with E-state index in [0.29, 0.717) is 12.4 Å². The van der Waals surface area contributed by atoms with Crippen molar-refractivity contribution in [3.63, 3.8) is 0 Å². The molecule has 1 N–H and O–H groups in total. The molecule has 0 aliphatic heterocycles. The smallest absolute Gasteiger partial charge is 0.0867 e. The van der Waals surface area contributed by atoms with E-state index < -0.39 is 6.10 Å². The van der Waals surface area contributed by atoms with Crippen LogP contribution in [0.25, 0.3) is 0 Å². The molecular formula is C12H18O2S. The van der Waals surface area contributed by atoms with Gasteiger partial charge in [-0.05, 0) is 26.0 Å². The predicted octanol–water partition coefficient (Wildman–Crippen LogP) is 2.56. The molecule has 1 aromatic carbocycles. The molecule has 2 nitrogen and oxygen atoms in total. The van der Waals surface area contributed by atoms with Crippen LogP contribution in [0.15, 0.2) is 35.2 Å². The van der Waals surface area contributed by atoms with Gasteiger partial charge in [0.15, 0.2) is 0 Å². The van der Waals surface area contributed by atoms with Crippen molar-refractivity contribution < 1.29 is 9.84 Å². The maximum absolute atomic E-state index is 9.61. The zero-order valence-corrected chi connectivity index (χ0v) is 10.0. The molecule has 0 amide bonds. The Morgan fingerprint density at radius 1 is 1.27 bits per heavy atom. The first-order valence-electron chi connectivity index (χ1n) is 5.16. The second-order valence-corrected chi connectivity index (χ2v) is 4.75. The quantitative estimate of drug-likeness (QED) is 0.756. The number of benzene rings is 1. The van der Waals surface area contributed by atoms with Gasteiger partial charge in [-0.15, -0.1) is 11.8 Å². The molecule has 0 fully saturated rings. The van der Waals surface area contributed by atoms with Gasteiger partial charge in [-0.25, -0.2) is 0 Å². The topological polar surface area (TPSA) is 29.5 Å². The lowest BCUT2D eigenvalue weighted by Crippen LogP contribution is -2.20. The second-order valence-electron chi connectivity index (χ2n) is 3.66. The Kier molecular flexibility index (Phi) is 5.76. The Balaban J connectivity index is 2.19. The van der Waals surface area contributed by atoms with Crippen LogP contribution in [0, 0.1) is 0 Å². The van der Waals surface area contributed by atoms with Crippen molar-refractivity contribution in [2.75, 3.05) is 12.4 Å². The Labute approximate surface area is 95.7 Å². The third-order valence-corrected chi connectivity index (χ3v) is 2.96. The van der Waals surface area contributed by atoms with Gasteiger partial charge in [-0.2, -0.15) is 0 Å². The van der Waals surface area contributed by atoms with Crippen molar-refractivity contribution in [1.82, 2.24) is 0 Å². The van der Waals surface area contributed by atoms with E-state index in [1.807, 2.05) is 44.2 Å². The average molecular weight is 226 g/mol. The van der Waals surface area contributed by atoms with E-state index in [4.69, 9.17) is 4.74 Å². The van der Waals surface area contributed by atoms with Gasteiger partial charge in [-0.1, -0.05) is 18.2 Å². The molecule has 84 valence electrons. The number of aliphatic hydroxyl groups excluding tert-OH is 1. The molecule has 0 radical (unpaired) electrons. The number of aliphatic hydroxyl groups is 1. The van der Waals surface area contributed by atoms with Crippen LogP contribution in [0.4, 0.5) is 0 Å². The van der Waals surface area contributed by atoms with Crippen LogP contribution in [0.1, 0.15) is 13.8 Å². The first-order chi connectivity index (χ1) is 7.18. The van der Waals surface area contributed by atoms with Crippen LogP contribution in [0.3, 0.4) is 0 Å². The van der Waals surface area contributed by atoms with Crippen LogP contribution >= 0.6 is 11.8 Å². The van der Waals surface area contributed by atoms with Crippen LogP contribution in [-0.2, 0) is 4.74 Å². The summed E-state index contributed by atoms with van der Waals surface area (Å²) in [5.41, 5.74) is 0. The molecule has 0 aromatic heterocycles. The standard InChI is InChI=1S/C12H18O2S/c1-10(2)14-8-11(13)9-15-12-6-4-3-5-7-12/h3-7,10-11,13H,8-9H2,1-2H3. The number of thioether (sulfide) groups is 1. The van der Waals surface area contributed by atoms with Gasteiger partial charge in [0.05, 0.1) is 18.8 Å². The van der Waals surface area contributed by atoms with Gasteiger partial charge in [-0.3, -0.25) is 0 Å². The Morgan fingerprint density at radius 3 is 2.53 bits per heavy atom. The van der Waals surface area contributed by atoms with Gasteiger partial charge >= 0.3 is 0 Å². The SMILES string of the molecule is CC(C)OCC(O)CSc1ccccc1. The zero-order valence-electron chi connectivity index (χ0n) is 9.22. The number of hydrogen-bond donors (Lipinski definition) is 1. The fourth-order valence-corrected chi connectivity index (χ4v) is 1.89. The highest BCUT2D eigenvalue weighted by Crippen LogP contribution is 2.17. The van der Waals surface area contributed by atoms with E-state index in [9.17, 15) is 5.11 Å². The molecule has 0 spiro atoms. The van der Waals surface area contributed by atoms with Crippen molar-refractivity contribution in [3.8, 4) is 0 Å². The number of hydrogen-bond acceptors (Lipinski definition) is 3. The van der Waals surface area contributed by atoms with Crippen LogP contribution in [0.5, 0.6) is 0 Å². The summed E-state index contributed by atoms with van der Waals surface area (Å²) < 4.78 is 5.33. The Bertz CT molecular complexity index is 262. The largest absolute Gasteiger partial charge is 0.390 e. The molecule has 0 aliphatic carbocycles. The van der Waals surface area contributed by atoms with Crippen molar-refractivity contribution in [1.29, 1.82) is 0 Å². The van der Waals surface area contributed by atoms with Gasteiger partial charge < -0.3 is 9.84 Å². The summed E-state index contributed by atoms with van der Waals surface area (Å²) in [7, 11) is 0. The summed E-state index contributed by atoms with van der Waals surface area (Å²) in [6.07, 6.45) is -0.209. The molecule has 0 saturated heterocycles. The summed E-state index contributed by atoms with van der Waals surface area (Å²) in [6, 6.07) is 10.1. The Hall–Kier alpha value is -0.510. The zero-order chi connectivity index (χ0) is 11.1. The molecule has 1 aromatic rings. The molecule has 0 heterocycles. The average Bonchev–Trinajstić information content (AvgIpc) is 2.25. The fraction of sp³-hybridized carbons (Fsp3) is 0.500. The molecule has 0 bridgehead atoms. The lowest BCUT2D eigenvalue weighted by Gasteiger charge is -2.12. The van der Waals surface area contributed by atoms with Crippen LogP contribution in [0.2, 0.25) is 0 Å². The van der Waals surface area contributed by atoms with E-state index in [0.717, 1.165) is 0 Å². The van der Waals surface area contributed by atoms with Gasteiger partial charge in [0, 0.05) is 10.6 Å². The highest BCUT2D eigenvalue weighted by molar-refractivity contribution is 7.99. The minimum atomic E-state index is -0.391. The fourth-order valence-electron chi connectivity index (χ4n) is 1.06. The molecular weight excluding hydrogens is 208 g/mol. The molecule has 15 heavy (non-hydrogen) atoms. The van der Waals surface area contributed by atoms with Gasteiger partial charge in [0.2, 0.25) is 0 Å². The van der Waals surface area contributed by atoms with E-state index in [2.05, 4.69) is 0 Å². The van der Waals surface area contributed by atoms with Gasteiger partial charge in [0.1, 0.15) is 0 Å². The van der Waals surface area contributed by atoms with Crippen molar-refractivity contribution >= 4 is 11.8 Å². The van der Waals surface area contributed by atoms with Crippen molar-refractivity contribution in [2.24, 2.45) is 0 Å². The minimum absolute atomic E-state index is 0.182. The summed E-state index contributed by atoms with van der Waals surface area (Å²) in [6.45, 7) is 4.35. The third kappa shape index (κ3) is 5.82. The van der Waals surface area contributed by atoms with Crippen molar-refractivity contribution in [3.05, 3.63) is 30.3 Å². The first-order valence-corrected chi connectivity index (χ1v) is 6.14. The number of ether oxygens (including phenoxy) is 1. The Morgan fingerprint density at radius 2 is 1.93 bits per heavy atom. The summed E-state index contributed by atoms with van der Waals surface area (Å²) >= 11 is 1.65. The lowest BCUT2D eigenvalue weighted by atomic mass is 10.4. The highest BCUT2D eigenvalue weighted by Gasteiger charge is 2.06. The predicted molar refractivity (Wildman–Crippen MR) is 64.3 cm³/mol. The molecule has 3 heteroatoms. The lowest BCUT2D eigenvalue weighted by molar-refractivity contribution is 0.0152. The monoisotopic (exact) mass is 226 g/mol. The third-order valence-electron chi connectivity index (χ3n) is 1.81. The number of rotatable bonds is 6. The van der Waals surface area contributed by atoms with E-state index in [-0.39, 0.29) is 6.10 Å². The maximum Gasteiger partial charge on any atom is 0.0867 e. The minimum Gasteiger partial charge on any atom is -0.390 e. The highest BCUT2D eigenvalue weighted by atomic mass is 32.2. The van der Waals surface area contributed by atoms with Gasteiger partial charge in [0.25, 0.3) is 0 Å². The molecule has 1 unspecified atom stereocenters. The molecule has 0 aliphatic rings. The van der Waals surface area contributed by atoms with Crippen molar-refractivity contribution in [2.45, 2.75) is 31.0 Å². The summed E-state index contributed by atoms with van der Waals surface area (Å²) in [5.74, 6) is 0.677. The normalized spacial score (nSPS) is 13.1. The summed E-state index contributed by atoms with van der Waals surface area (Å²) in [5, 5.41) is 9.61.